The van der Waals surface area contributed by atoms with Crippen molar-refractivity contribution in [3.05, 3.63) is 46.9 Å². The highest BCUT2D eigenvalue weighted by atomic mass is 19.1. The fourth-order valence-corrected chi connectivity index (χ4v) is 3.20. The third-order valence-corrected chi connectivity index (χ3v) is 4.79. The summed E-state index contributed by atoms with van der Waals surface area (Å²) in [6.45, 7) is 2.61. The molecule has 1 fully saturated rings. The second-order valence-electron chi connectivity index (χ2n) is 6.49. The molecule has 0 spiro atoms. The number of ether oxygens (including phenoxy) is 1. The first-order valence-corrected chi connectivity index (χ1v) is 8.30. The van der Waals surface area contributed by atoms with E-state index in [-0.39, 0.29) is 17.3 Å². The molecule has 25 heavy (non-hydrogen) atoms. The Labute approximate surface area is 146 Å². The van der Waals surface area contributed by atoms with E-state index in [0.29, 0.717) is 24.5 Å². The van der Waals surface area contributed by atoms with Gasteiger partial charge in [0.25, 0.3) is 0 Å². The second kappa shape index (κ2) is 6.74. The average Bonchev–Trinajstić information content (AvgIpc) is 3.32. The van der Waals surface area contributed by atoms with Crippen LogP contribution < -0.4 is 15.4 Å². The lowest BCUT2D eigenvalue weighted by Gasteiger charge is -2.17. The molecule has 0 bridgehead atoms. The van der Waals surface area contributed by atoms with Crippen LogP contribution in [0.3, 0.4) is 0 Å². The molecular weight excluding hydrogens is 323 g/mol. The number of nitrogens with zero attached hydrogens (tertiary/aromatic N) is 2. The summed E-state index contributed by atoms with van der Waals surface area (Å²) in [5.74, 6) is 0.417. The van der Waals surface area contributed by atoms with E-state index < -0.39 is 0 Å². The van der Waals surface area contributed by atoms with Crippen LogP contribution in [0, 0.1) is 12.7 Å². The number of nitrogens with one attached hydrogen (secondary N) is 2. The van der Waals surface area contributed by atoms with Crippen molar-refractivity contribution < 1.29 is 13.9 Å². The zero-order valence-electron chi connectivity index (χ0n) is 14.7. The summed E-state index contributed by atoms with van der Waals surface area (Å²) in [5.41, 5.74) is 2.06. The third-order valence-electron chi connectivity index (χ3n) is 4.79. The number of hydrogen-bond acceptors (Lipinski definition) is 3. The lowest BCUT2D eigenvalue weighted by Crippen LogP contribution is -2.39. The second-order valence-corrected chi connectivity index (χ2v) is 6.49. The van der Waals surface area contributed by atoms with Gasteiger partial charge in [-0.25, -0.2) is 13.9 Å². The topological polar surface area (TPSA) is 68.2 Å². The van der Waals surface area contributed by atoms with Gasteiger partial charge in [0, 0.05) is 19.0 Å². The van der Waals surface area contributed by atoms with Crippen LogP contribution >= 0.6 is 0 Å². The van der Waals surface area contributed by atoms with Crippen LogP contribution in [0.1, 0.15) is 29.7 Å². The number of hydrogen-bond donors (Lipinski definition) is 2. The van der Waals surface area contributed by atoms with Gasteiger partial charge in [-0.2, -0.15) is 5.10 Å². The van der Waals surface area contributed by atoms with Gasteiger partial charge in [0.1, 0.15) is 5.82 Å². The number of aryl methyl sites for hydroxylation is 2. The number of urea groups is 1. The highest BCUT2D eigenvalue weighted by Crippen LogP contribution is 2.48. The van der Waals surface area contributed by atoms with Gasteiger partial charge >= 0.3 is 6.03 Å². The summed E-state index contributed by atoms with van der Waals surface area (Å²) >= 11 is 0. The molecule has 0 atom stereocenters. The number of benzene rings is 1. The monoisotopic (exact) mass is 346 g/mol. The molecular formula is C18H23FN4O2. The van der Waals surface area contributed by atoms with Crippen molar-refractivity contribution in [3.8, 4) is 5.88 Å². The van der Waals surface area contributed by atoms with E-state index in [2.05, 4.69) is 15.7 Å². The summed E-state index contributed by atoms with van der Waals surface area (Å²) < 4.78 is 20.9. The van der Waals surface area contributed by atoms with Crippen LogP contribution in [0.15, 0.2) is 24.3 Å². The molecule has 0 aliphatic heterocycles. The minimum Gasteiger partial charge on any atom is -0.481 e. The fourth-order valence-electron chi connectivity index (χ4n) is 3.20. The number of carbonyl (C=O) groups is 1. The van der Waals surface area contributed by atoms with Gasteiger partial charge in [0.15, 0.2) is 0 Å². The lowest BCUT2D eigenvalue weighted by molar-refractivity contribution is 0.239. The summed E-state index contributed by atoms with van der Waals surface area (Å²) in [6, 6.07) is 6.49. The minimum atomic E-state index is -0.284. The number of carbonyl (C=O) groups excluding carboxylic acids is 1. The van der Waals surface area contributed by atoms with Gasteiger partial charge in [-0.05, 0) is 31.4 Å². The molecule has 2 N–H and O–H groups in total. The third kappa shape index (κ3) is 3.45. The number of amides is 2. The number of methoxy groups -OCH3 is 1. The van der Waals surface area contributed by atoms with Gasteiger partial charge in [0.2, 0.25) is 5.88 Å². The minimum absolute atomic E-state index is 0.210. The molecule has 1 aromatic carbocycles. The molecule has 3 rings (SSSR count). The smallest absolute Gasteiger partial charge is 0.315 e. The van der Waals surface area contributed by atoms with E-state index >= 15 is 0 Å². The predicted molar refractivity (Wildman–Crippen MR) is 92.0 cm³/mol. The van der Waals surface area contributed by atoms with E-state index in [0.717, 1.165) is 24.1 Å². The molecule has 1 aliphatic carbocycles. The molecule has 7 heteroatoms. The quantitative estimate of drug-likeness (QED) is 0.844. The summed E-state index contributed by atoms with van der Waals surface area (Å²) in [4.78, 5) is 12.1. The van der Waals surface area contributed by atoms with E-state index in [9.17, 15) is 9.18 Å². The Morgan fingerprint density at radius 3 is 2.72 bits per heavy atom. The van der Waals surface area contributed by atoms with Crippen molar-refractivity contribution in [1.29, 1.82) is 0 Å². The van der Waals surface area contributed by atoms with E-state index in [1.165, 1.54) is 6.07 Å². The SMILES string of the molecule is COc1c(CNC(=O)NCC2(c3ccccc3F)CC2)c(C)nn1C. The highest BCUT2D eigenvalue weighted by molar-refractivity contribution is 5.74. The lowest BCUT2D eigenvalue weighted by atomic mass is 9.95. The molecule has 1 heterocycles. The van der Waals surface area contributed by atoms with Crippen LogP contribution in [0.2, 0.25) is 0 Å². The molecule has 6 nitrogen and oxygen atoms in total. The van der Waals surface area contributed by atoms with Crippen molar-refractivity contribution in [3.63, 3.8) is 0 Å². The number of rotatable bonds is 6. The molecule has 0 unspecified atom stereocenters. The van der Waals surface area contributed by atoms with Crippen LogP contribution in [0.25, 0.3) is 0 Å². The molecule has 134 valence electrons. The maximum absolute atomic E-state index is 14.0. The largest absolute Gasteiger partial charge is 0.481 e. The molecule has 1 aliphatic rings. The first-order chi connectivity index (χ1) is 12.0. The number of halogens is 1. The zero-order chi connectivity index (χ0) is 18.0. The van der Waals surface area contributed by atoms with Gasteiger partial charge in [-0.1, -0.05) is 18.2 Å². The van der Waals surface area contributed by atoms with Crippen LogP contribution in [-0.2, 0) is 19.0 Å². The maximum atomic E-state index is 14.0. The molecule has 0 radical (unpaired) electrons. The zero-order valence-corrected chi connectivity index (χ0v) is 14.7. The van der Waals surface area contributed by atoms with E-state index in [1.54, 1.807) is 31.0 Å². The maximum Gasteiger partial charge on any atom is 0.315 e. The van der Waals surface area contributed by atoms with Crippen molar-refractivity contribution in [2.45, 2.75) is 31.7 Å². The molecule has 1 aromatic heterocycles. The van der Waals surface area contributed by atoms with E-state index in [4.69, 9.17) is 4.74 Å². The van der Waals surface area contributed by atoms with Crippen molar-refractivity contribution >= 4 is 6.03 Å². The molecule has 2 amide bonds. The first-order valence-electron chi connectivity index (χ1n) is 8.30. The normalized spacial score (nSPS) is 14.9. The van der Waals surface area contributed by atoms with Crippen LogP contribution in [0.5, 0.6) is 5.88 Å². The standard InChI is InChI=1S/C18H23FN4O2/c1-12-13(16(25-3)23(2)22-12)10-20-17(24)21-11-18(8-9-18)14-6-4-5-7-15(14)19/h4-7H,8-11H2,1-3H3,(H2,20,21,24). The summed E-state index contributed by atoms with van der Waals surface area (Å²) in [6.07, 6.45) is 1.76. The van der Waals surface area contributed by atoms with Crippen molar-refractivity contribution in [2.75, 3.05) is 13.7 Å². The molecule has 0 saturated heterocycles. The highest BCUT2D eigenvalue weighted by Gasteiger charge is 2.45. The Morgan fingerprint density at radius 2 is 2.08 bits per heavy atom. The Morgan fingerprint density at radius 1 is 1.36 bits per heavy atom. The van der Waals surface area contributed by atoms with Crippen molar-refractivity contribution in [1.82, 2.24) is 20.4 Å². The average molecular weight is 346 g/mol. The molecule has 2 aromatic rings. The van der Waals surface area contributed by atoms with E-state index in [1.807, 2.05) is 13.0 Å². The predicted octanol–water partition coefficient (Wildman–Crippen LogP) is 2.41. The van der Waals surface area contributed by atoms with Gasteiger partial charge in [-0.3, -0.25) is 0 Å². The Bertz CT molecular complexity index is 783. The van der Waals surface area contributed by atoms with Gasteiger partial charge < -0.3 is 15.4 Å². The first kappa shape index (κ1) is 17.3. The van der Waals surface area contributed by atoms with Crippen molar-refractivity contribution in [2.24, 2.45) is 7.05 Å². The van der Waals surface area contributed by atoms with Gasteiger partial charge in [0.05, 0.1) is 24.9 Å². The number of aromatic nitrogens is 2. The Kier molecular flexibility index (Phi) is 4.65. The van der Waals surface area contributed by atoms with Crippen LogP contribution in [-0.4, -0.2) is 29.5 Å². The fraction of sp³-hybridized carbons (Fsp3) is 0.444. The molecule has 1 saturated carbocycles. The summed E-state index contributed by atoms with van der Waals surface area (Å²) in [7, 11) is 3.37. The Balaban J connectivity index is 1.57. The Hall–Kier alpha value is -2.57. The van der Waals surface area contributed by atoms with Crippen LogP contribution in [0.4, 0.5) is 9.18 Å². The van der Waals surface area contributed by atoms with Gasteiger partial charge in [-0.15, -0.1) is 0 Å². The summed E-state index contributed by atoms with van der Waals surface area (Å²) in [5, 5.41) is 9.96.